The number of benzene rings is 1. The number of halogens is 4. The van der Waals surface area contributed by atoms with Crippen molar-refractivity contribution in [3.63, 3.8) is 0 Å². The molecule has 0 radical (unpaired) electrons. The fourth-order valence-electron chi connectivity index (χ4n) is 1.30. The first-order valence-electron chi connectivity index (χ1n) is 4.63. The van der Waals surface area contributed by atoms with E-state index < -0.39 is 11.7 Å². The lowest BCUT2D eigenvalue weighted by molar-refractivity contribution is -0.138. The minimum atomic E-state index is -4.38. The fraction of sp³-hybridized carbons (Fsp3) is 0.273. The van der Waals surface area contributed by atoms with Gasteiger partial charge in [0.1, 0.15) is 0 Å². The van der Waals surface area contributed by atoms with Crippen molar-refractivity contribution >= 4 is 11.6 Å². The van der Waals surface area contributed by atoms with Crippen molar-refractivity contribution in [3.05, 3.63) is 47.0 Å². The molecule has 0 atom stereocenters. The van der Waals surface area contributed by atoms with E-state index in [0.29, 0.717) is 6.54 Å². The molecule has 0 bridgehead atoms. The third-order valence-corrected chi connectivity index (χ3v) is 2.37. The maximum Gasteiger partial charge on any atom is 0.416 e. The largest absolute Gasteiger partial charge is 0.416 e. The zero-order chi connectivity index (χ0) is 12.2. The zero-order valence-corrected chi connectivity index (χ0v) is 9.20. The Labute approximate surface area is 96.9 Å². The van der Waals surface area contributed by atoms with Gasteiger partial charge in [0, 0.05) is 18.1 Å². The van der Waals surface area contributed by atoms with Crippen LogP contribution in [0.1, 0.15) is 11.1 Å². The number of hydrogen-bond acceptors (Lipinski definition) is 1. The summed E-state index contributed by atoms with van der Waals surface area (Å²) in [6, 6.07) is 3.76. The monoisotopic (exact) mass is 249 g/mol. The SMILES string of the molecule is C=CCNCc1c(Cl)cccc1C(F)(F)F. The van der Waals surface area contributed by atoms with Crippen LogP contribution >= 0.6 is 11.6 Å². The summed E-state index contributed by atoms with van der Waals surface area (Å²) in [5.74, 6) is 0. The molecular weight excluding hydrogens is 239 g/mol. The van der Waals surface area contributed by atoms with Crippen LogP contribution in [0.5, 0.6) is 0 Å². The summed E-state index contributed by atoms with van der Waals surface area (Å²) in [5.41, 5.74) is -0.630. The van der Waals surface area contributed by atoms with E-state index in [0.717, 1.165) is 6.07 Å². The molecule has 5 heteroatoms. The van der Waals surface area contributed by atoms with Gasteiger partial charge in [-0.1, -0.05) is 23.7 Å². The van der Waals surface area contributed by atoms with Crippen molar-refractivity contribution < 1.29 is 13.2 Å². The maximum atomic E-state index is 12.6. The molecule has 16 heavy (non-hydrogen) atoms. The zero-order valence-electron chi connectivity index (χ0n) is 8.44. The fourth-order valence-corrected chi connectivity index (χ4v) is 1.54. The molecule has 88 valence electrons. The molecule has 0 aliphatic rings. The van der Waals surface area contributed by atoms with E-state index in [9.17, 15) is 13.2 Å². The van der Waals surface area contributed by atoms with Gasteiger partial charge in [-0.2, -0.15) is 13.2 Å². The van der Waals surface area contributed by atoms with Gasteiger partial charge in [-0.25, -0.2) is 0 Å². The molecule has 1 nitrogen and oxygen atoms in total. The van der Waals surface area contributed by atoms with E-state index in [2.05, 4.69) is 11.9 Å². The summed E-state index contributed by atoms with van der Waals surface area (Å²) < 4.78 is 37.9. The Balaban J connectivity index is 2.99. The van der Waals surface area contributed by atoms with Gasteiger partial charge < -0.3 is 5.32 Å². The minimum Gasteiger partial charge on any atom is -0.309 e. The summed E-state index contributed by atoms with van der Waals surface area (Å²) in [5, 5.41) is 2.92. The molecule has 1 rings (SSSR count). The Morgan fingerprint density at radius 1 is 1.38 bits per heavy atom. The van der Waals surface area contributed by atoms with Crippen molar-refractivity contribution in [2.45, 2.75) is 12.7 Å². The normalized spacial score (nSPS) is 11.5. The van der Waals surface area contributed by atoms with Gasteiger partial charge in [-0.05, 0) is 17.7 Å². The third-order valence-electron chi connectivity index (χ3n) is 2.01. The molecule has 0 saturated heterocycles. The summed E-state index contributed by atoms with van der Waals surface area (Å²) in [7, 11) is 0. The maximum absolute atomic E-state index is 12.6. The van der Waals surface area contributed by atoms with E-state index in [1.165, 1.54) is 12.1 Å². The molecule has 1 N–H and O–H groups in total. The lowest BCUT2D eigenvalue weighted by Crippen LogP contribution is -2.17. The van der Waals surface area contributed by atoms with Gasteiger partial charge in [0.2, 0.25) is 0 Å². The highest BCUT2D eigenvalue weighted by Crippen LogP contribution is 2.34. The lowest BCUT2D eigenvalue weighted by Gasteiger charge is -2.14. The molecule has 0 saturated carbocycles. The predicted molar refractivity (Wildman–Crippen MR) is 58.4 cm³/mol. The molecule has 0 spiro atoms. The molecule has 0 amide bonds. The van der Waals surface area contributed by atoms with Crippen LogP contribution < -0.4 is 5.32 Å². The summed E-state index contributed by atoms with van der Waals surface area (Å²) in [4.78, 5) is 0. The van der Waals surface area contributed by atoms with Crippen LogP contribution in [0.3, 0.4) is 0 Å². The first-order chi connectivity index (χ1) is 7.46. The first-order valence-corrected chi connectivity index (χ1v) is 5.01. The van der Waals surface area contributed by atoms with Crippen LogP contribution in [0.2, 0.25) is 5.02 Å². The van der Waals surface area contributed by atoms with Crippen molar-refractivity contribution in [3.8, 4) is 0 Å². The number of nitrogens with one attached hydrogen (secondary N) is 1. The van der Waals surface area contributed by atoms with Crippen LogP contribution in [0.4, 0.5) is 13.2 Å². The number of hydrogen-bond donors (Lipinski definition) is 1. The predicted octanol–water partition coefficient (Wildman–Crippen LogP) is 3.63. The highest BCUT2D eigenvalue weighted by Gasteiger charge is 2.33. The summed E-state index contributed by atoms with van der Waals surface area (Å²) >= 11 is 5.75. The van der Waals surface area contributed by atoms with Gasteiger partial charge >= 0.3 is 6.18 Å². The second kappa shape index (κ2) is 5.37. The van der Waals surface area contributed by atoms with Gasteiger partial charge in [0.05, 0.1) is 5.56 Å². The Morgan fingerprint density at radius 2 is 2.06 bits per heavy atom. The quantitative estimate of drug-likeness (QED) is 0.635. The average molecular weight is 250 g/mol. The Hall–Kier alpha value is -1.00. The van der Waals surface area contributed by atoms with E-state index >= 15 is 0 Å². The molecule has 1 aromatic rings. The number of rotatable bonds is 4. The van der Waals surface area contributed by atoms with E-state index in [1.807, 2.05) is 0 Å². The molecule has 0 aliphatic carbocycles. The van der Waals surface area contributed by atoms with Gasteiger partial charge in [-0.15, -0.1) is 6.58 Å². The van der Waals surface area contributed by atoms with E-state index in [4.69, 9.17) is 11.6 Å². The van der Waals surface area contributed by atoms with Gasteiger partial charge in [0.15, 0.2) is 0 Å². The molecule has 0 aromatic heterocycles. The van der Waals surface area contributed by atoms with Crippen LogP contribution in [-0.2, 0) is 12.7 Å². The van der Waals surface area contributed by atoms with Crippen molar-refractivity contribution in [2.75, 3.05) is 6.54 Å². The molecule has 0 unspecified atom stereocenters. The Morgan fingerprint density at radius 3 is 2.62 bits per heavy atom. The van der Waals surface area contributed by atoms with Crippen molar-refractivity contribution in [2.24, 2.45) is 0 Å². The van der Waals surface area contributed by atoms with Crippen LogP contribution in [0.15, 0.2) is 30.9 Å². The summed E-state index contributed by atoms with van der Waals surface area (Å²) in [6.07, 6.45) is -2.81. The highest BCUT2D eigenvalue weighted by molar-refractivity contribution is 6.31. The Bertz CT molecular complexity index is 374. The molecule has 0 aliphatic heterocycles. The molecule has 0 fully saturated rings. The van der Waals surface area contributed by atoms with Crippen molar-refractivity contribution in [1.29, 1.82) is 0 Å². The van der Waals surface area contributed by atoms with E-state index in [-0.39, 0.29) is 17.1 Å². The second-order valence-corrected chi connectivity index (χ2v) is 3.59. The third kappa shape index (κ3) is 3.25. The van der Waals surface area contributed by atoms with Crippen LogP contribution in [-0.4, -0.2) is 6.54 Å². The van der Waals surface area contributed by atoms with E-state index in [1.54, 1.807) is 6.08 Å². The van der Waals surface area contributed by atoms with Gasteiger partial charge in [-0.3, -0.25) is 0 Å². The topological polar surface area (TPSA) is 12.0 Å². The Kier molecular flexibility index (Phi) is 4.38. The molecular formula is C11H11ClF3N. The second-order valence-electron chi connectivity index (χ2n) is 3.18. The minimum absolute atomic E-state index is 0.0681. The average Bonchev–Trinajstić information content (AvgIpc) is 2.19. The summed E-state index contributed by atoms with van der Waals surface area (Å²) in [6.45, 7) is 3.97. The van der Waals surface area contributed by atoms with Crippen LogP contribution in [0.25, 0.3) is 0 Å². The number of alkyl halides is 3. The smallest absolute Gasteiger partial charge is 0.309 e. The highest BCUT2D eigenvalue weighted by atomic mass is 35.5. The first kappa shape index (κ1) is 13.1. The standard InChI is InChI=1S/C11H11ClF3N/c1-2-6-16-7-8-9(11(13,14)15)4-3-5-10(8)12/h2-5,16H,1,6-7H2. The molecule has 1 aromatic carbocycles. The van der Waals surface area contributed by atoms with Crippen molar-refractivity contribution in [1.82, 2.24) is 5.32 Å². The molecule has 0 heterocycles. The van der Waals surface area contributed by atoms with Crippen LogP contribution in [0, 0.1) is 0 Å². The lowest BCUT2D eigenvalue weighted by atomic mass is 10.1. The van der Waals surface area contributed by atoms with Gasteiger partial charge in [0.25, 0.3) is 0 Å².